The van der Waals surface area contributed by atoms with Crippen LogP contribution in [-0.2, 0) is 11.2 Å². The molecule has 0 saturated carbocycles. The number of carbonyl (C=O) groups excluding carboxylic acids is 1. The predicted molar refractivity (Wildman–Crippen MR) is 136 cm³/mol. The maximum Gasteiger partial charge on any atom is 0.303 e. The van der Waals surface area contributed by atoms with Gasteiger partial charge in [0.25, 0.3) is 5.91 Å². The second-order valence-electron chi connectivity index (χ2n) is 8.42. The molecule has 4 rings (SSSR count). The first-order valence-electron chi connectivity index (χ1n) is 11.4. The third kappa shape index (κ3) is 6.17. The van der Waals surface area contributed by atoms with Crippen molar-refractivity contribution in [1.29, 1.82) is 0 Å². The molecule has 8 nitrogen and oxygen atoms in total. The number of aromatic nitrogens is 2. The molecule has 0 aliphatic heterocycles. The van der Waals surface area contributed by atoms with Gasteiger partial charge in [0.2, 0.25) is 5.95 Å². The topological polar surface area (TPSA) is 116 Å². The highest BCUT2D eigenvalue weighted by molar-refractivity contribution is 5.95. The number of amides is 1. The third-order valence-electron chi connectivity index (χ3n) is 5.78. The lowest BCUT2D eigenvalue weighted by molar-refractivity contribution is -0.137. The molecule has 0 aliphatic carbocycles. The lowest BCUT2D eigenvalue weighted by Crippen LogP contribution is -2.25. The number of hydrogen-bond acceptors (Lipinski definition) is 5. The van der Waals surface area contributed by atoms with Crippen LogP contribution >= 0.6 is 0 Å². The number of aliphatic carboxylic acids is 1. The van der Waals surface area contributed by atoms with E-state index in [1.807, 2.05) is 61.5 Å². The Balaban J connectivity index is 1.35. The van der Waals surface area contributed by atoms with E-state index in [-0.39, 0.29) is 18.2 Å². The van der Waals surface area contributed by atoms with Crippen LogP contribution in [0.3, 0.4) is 0 Å². The zero-order valence-electron chi connectivity index (χ0n) is 19.7. The largest absolute Gasteiger partial charge is 0.497 e. The van der Waals surface area contributed by atoms with Crippen LogP contribution in [0.1, 0.15) is 40.7 Å². The predicted octanol–water partition coefficient (Wildman–Crippen LogP) is 4.87. The summed E-state index contributed by atoms with van der Waals surface area (Å²) in [6.45, 7) is 2.37. The molecule has 0 aliphatic rings. The van der Waals surface area contributed by atoms with Crippen molar-refractivity contribution in [1.82, 2.24) is 15.3 Å². The number of imidazole rings is 1. The van der Waals surface area contributed by atoms with Crippen molar-refractivity contribution in [3.63, 3.8) is 0 Å². The van der Waals surface area contributed by atoms with E-state index >= 15 is 0 Å². The van der Waals surface area contributed by atoms with Crippen molar-refractivity contribution in [3.8, 4) is 5.75 Å². The van der Waals surface area contributed by atoms with E-state index < -0.39 is 5.97 Å². The fraction of sp³-hybridized carbons (Fsp3) is 0.222. The first-order chi connectivity index (χ1) is 16.9. The smallest absolute Gasteiger partial charge is 0.303 e. The van der Waals surface area contributed by atoms with Gasteiger partial charge in [-0.15, -0.1) is 0 Å². The zero-order valence-corrected chi connectivity index (χ0v) is 19.7. The van der Waals surface area contributed by atoms with E-state index in [0.29, 0.717) is 24.5 Å². The van der Waals surface area contributed by atoms with Crippen LogP contribution < -0.4 is 15.4 Å². The zero-order chi connectivity index (χ0) is 24.8. The highest BCUT2D eigenvalue weighted by atomic mass is 16.5. The summed E-state index contributed by atoms with van der Waals surface area (Å²) in [6, 6.07) is 20.7. The highest BCUT2D eigenvalue weighted by Crippen LogP contribution is 2.23. The Morgan fingerprint density at radius 2 is 1.91 bits per heavy atom. The van der Waals surface area contributed by atoms with E-state index in [1.165, 1.54) is 0 Å². The molecule has 1 unspecified atom stereocenters. The summed E-state index contributed by atoms with van der Waals surface area (Å²) in [5.74, 6) is 0.271. The van der Waals surface area contributed by atoms with E-state index in [1.54, 1.807) is 19.2 Å². The average molecular weight is 473 g/mol. The Morgan fingerprint density at radius 3 is 2.71 bits per heavy atom. The number of nitrogens with one attached hydrogen (secondary N) is 3. The van der Waals surface area contributed by atoms with Crippen LogP contribution in [0.2, 0.25) is 0 Å². The maximum atomic E-state index is 12.7. The molecule has 0 radical (unpaired) electrons. The van der Waals surface area contributed by atoms with Gasteiger partial charge in [-0.3, -0.25) is 9.59 Å². The van der Waals surface area contributed by atoms with Gasteiger partial charge in [-0.25, -0.2) is 4.98 Å². The van der Waals surface area contributed by atoms with Gasteiger partial charge >= 0.3 is 5.97 Å². The van der Waals surface area contributed by atoms with Gasteiger partial charge in [0, 0.05) is 23.9 Å². The molecule has 180 valence electrons. The summed E-state index contributed by atoms with van der Waals surface area (Å²) in [4.78, 5) is 31.4. The number of benzene rings is 3. The lowest BCUT2D eigenvalue weighted by Gasteiger charge is -2.12. The Bertz CT molecular complexity index is 1350. The number of anilines is 2. The number of nitrogens with zero attached hydrogens (tertiary/aromatic N) is 1. The van der Waals surface area contributed by atoms with Crippen molar-refractivity contribution < 1.29 is 19.4 Å². The molecule has 0 fully saturated rings. The van der Waals surface area contributed by atoms with Crippen molar-refractivity contribution in [3.05, 3.63) is 83.4 Å². The van der Waals surface area contributed by atoms with Crippen LogP contribution in [0.5, 0.6) is 5.75 Å². The molecular weight excluding hydrogens is 444 g/mol. The first-order valence-corrected chi connectivity index (χ1v) is 11.4. The number of ether oxygens (including phenoxy) is 1. The molecule has 4 N–H and O–H groups in total. The van der Waals surface area contributed by atoms with Crippen molar-refractivity contribution in [2.75, 3.05) is 19.0 Å². The standard InChI is InChI=1S/C27H28N4O4/c1-17(13-25(32)33)19-6-3-5-18(14-19)11-12-28-26(34)20-7-4-8-21(15-20)29-27-30-23-10-9-22(35-2)16-24(23)31-27/h3-10,14-17H,11-13H2,1-2H3,(H,28,34)(H,32,33)(H2,29,30,31). The highest BCUT2D eigenvalue weighted by Gasteiger charge is 2.11. The fourth-order valence-electron chi connectivity index (χ4n) is 3.91. The average Bonchev–Trinajstić information content (AvgIpc) is 3.25. The summed E-state index contributed by atoms with van der Waals surface area (Å²) in [5, 5.41) is 15.2. The van der Waals surface area contributed by atoms with Gasteiger partial charge in [0.1, 0.15) is 5.75 Å². The quantitative estimate of drug-likeness (QED) is 0.262. The summed E-state index contributed by atoms with van der Waals surface area (Å²) < 4.78 is 5.25. The monoisotopic (exact) mass is 472 g/mol. The number of fused-ring (bicyclic) bond motifs is 1. The summed E-state index contributed by atoms with van der Waals surface area (Å²) in [7, 11) is 1.62. The molecule has 0 spiro atoms. The SMILES string of the molecule is COc1ccc2nc(Nc3cccc(C(=O)NCCc4cccc(C(C)CC(=O)O)c4)c3)[nH]c2c1. The van der Waals surface area contributed by atoms with Crippen LogP contribution in [0.25, 0.3) is 11.0 Å². The molecule has 4 aromatic rings. The number of carboxylic acids is 1. The second-order valence-corrected chi connectivity index (χ2v) is 8.42. The van der Waals surface area contributed by atoms with Crippen LogP contribution in [0, 0.1) is 0 Å². The maximum absolute atomic E-state index is 12.7. The van der Waals surface area contributed by atoms with Crippen molar-refractivity contribution in [2.45, 2.75) is 25.7 Å². The number of carboxylic acid groups (broad SMARTS) is 1. The number of carbonyl (C=O) groups is 2. The molecule has 1 atom stereocenters. The number of rotatable bonds is 10. The van der Waals surface area contributed by atoms with Crippen LogP contribution in [0.15, 0.2) is 66.7 Å². The van der Waals surface area contributed by atoms with Gasteiger partial charge in [0.05, 0.1) is 24.6 Å². The Morgan fingerprint density at radius 1 is 1.09 bits per heavy atom. The van der Waals surface area contributed by atoms with Crippen molar-refractivity contribution in [2.24, 2.45) is 0 Å². The summed E-state index contributed by atoms with van der Waals surface area (Å²) in [6.07, 6.45) is 0.743. The Kier molecular flexibility index (Phi) is 7.30. The molecule has 0 bridgehead atoms. The Labute approximate surface area is 203 Å². The number of methoxy groups -OCH3 is 1. The first kappa shape index (κ1) is 23.8. The summed E-state index contributed by atoms with van der Waals surface area (Å²) >= 11 is 0. The molecule has 8 heteroatoms. The van der Waals surface area contributed by atoms with E-state index in [0.717, 1.165) is 33.6 Å². The minimum absolute atomic E-state index is 0.0638. The number of aromatic amines is 1. The molecular formula is C27H28N4O4. The van der Waals surface area contributed by atoms with Gasteiger partial charge in [-0.1, -0.05) is 37.3 Å². The van der Waals surface area contributed by atoms with Gasteiger partial charge in [-0.2, -0.15) is 0 Å². The lowest BCUT2D eigenvalue weighted by atomic mass is 9.95. The van der Waals surface area contributed by atoms with E-state index in [2.05, 4.69) is 20.6 Å². The molecule has 1 amide bonds. The fourth-order valence-corrected chi connectivity index (χ4v) is 3.91. The van der Waals surface area contributed by atoms with Gasteiger partial charge < -0.3 is 25.5 Å². The minimum atomic E-state index is -0.813. The number of hydrogen-bond donors (Lipinski definition) is 4. The van der Waals surface area contributed by atoms with E-state index in [4.69, 9.17) is 9.84 Å². The second kappa shape index (κ2) is 10.7. The minimum Gasteiger partial charge on any atom is -0.497 e. The van der Waals surface area contributed by atoms with Crippen molar-refractivity contribution >= 4 is 34.5 Å². The number of H-pyrrole nitrogens is 1. The van der Waals surface area contributed by atoms with Crippen LogP contribution in [-0.4, -0.2) is 40.6 Å². The third-order valence-corrected chi connectivity index (χ3v) is 5.78. The van der Waals surface area contributed by atoms with E-state index in [9.17, 15) is 9.59 Å². The normalized spacial score (nSPS) is 11.7. The molecule has 0 saturated heterocycles. The Hall–Kier alpha value is -4.33. The molecule has 1 heterocycles. The van der Waals surface area contributed by atoms with Crippen LogP contribution in [0.4, 0.5) is 11.6 Å². The summed E-state index contributed by atoms with van der Waals surface area (Å²) in [5.41, 5.74) is 4.97. The molecule has 1 aromatic heterocycles. The van der Waals surface area contributed by atoms with Gasteiger partial charge in [-0.05, 0) is 53.8 Å². The van der Waals surface area contributed by atoms with Gasteiger partial charge in [0.15, 0.2) is 0 Å². The molecule has 3 aromatic carbocycles. The molecule has 35 heavy (non-hydrogen) atoms.